The number of carbonyl (C=O) groups excluding carboxylic acids is 1. The summed E-state index contributed by atoms with van der Waals surface area (Å²) in [6.45, 7) is 1.04. The van der Waals surface area contributed by atoms with Crippen molar-refractivity contribution in [3.63, 3.8) is 0 Å². The SMILES string of the molecule is CNC(=O)Nc1ccc(N2CCC(Nc3cccc(-c4cc(OCC(=O)O)c(C(=O)O)s4)c3)CC2)nc1. The number of thiophene rings is 1. The number of anilines is 3. The summed E-state index contributed by atoms with van der Waals surface area (Å²) in [5, 5.41) is 27.1. The first-order valence-corrected chi connectivity index (χ1v) is 12.4. The summed E-state index contributed by atoms with van der Waals surface area (Å²) in [5.74, 6) is -1.43. The van der Waals surface area contributed by atoms with Crippen molar-refractivity contribution in [3.05, 3.63) is 53.5 Å². The van der Waals surface area contributed by atoms with Crippen LogP contribution in [0.15, 0.2) is 48.7 Å². The molecular weight excluding hydrogens is 498 g/mol. The van der Waals surface area contributed by atoms with E-state index in [0.717, 1.165) is 54.3 Å². The molecular formula is C25H27N5O6S. The third-order valence-electron chi connectivity index (χ3n) is 5.81. The van der Waals surface area contributed by atoms with Crippen LogP contribution in [0.25, 0.3) is 10.4 Å². The van der Waals surface area contributed by atoms with Crippen molar-refractivity contribution < 1.29 is 29.3 Å². The topological polar surface area (TPSA) is 153 Å². The highest BCUT2D eigenvalue weighted by Gasteiger charge is 2.21. The Hall–Kier alpha value is -4.32. The molecule has 1 aliphatic rings. The highest BCUT2D eigenvalue weighted by Crippen LogP contribution is 2.37. The van der Waals surface area contributed by atoms with Crippen molar-refractivity contribution >= 4 is 46.5 Å². The zero-order chi connectivity index (χ0) is 26.4. The molecule has 0 aliphatic carbocycles. The van der Waals surface area contributed by atoms with Crippen molar-refractivity contribution in [2.45, 2.75) is 18.9 Å². The Morgan fingerprint density at radius 1 is 1.11 bits per heavy atom. The fourth-order valence-electron chi connectivity index (χ4n) is 4.00. The van der Waals surface area contributed by atoms with Gasteiger partial charge in [0, 0.05) is 36.7 Å². The lowest BCUT2D eigenvalue weighted by Gasteiger charge is -2.33. The van der Waals surface area contributed by atoms with Gasteiger partial charge in [0.25, 0.3) is 0 Å². The number of hydrogen-bond donors (Lipinski definition) is 5. The highest BCUT2D eigenvalue weighted by atomic mass is 32.1. The number of piperidine rings is 1. The molecule has 4 rings (SSSR count). The van der Waals surface area contributed by atoms with Crippen LogP contribution >= 0.6 is 11.3 Å². The maximum absolute atomic E-state index is 11.6. The van der Waals surface area contributed by atoms with Crippen LogP contribution in [0.2, 0.25) is 0 Å². The van der Waals surface area contributed by atoms with E-state index in [-0.39, 0.29) is 22.7 Å². The van der Waals surface area contributed by atoms with E-state index in [1.165, 1.54) is 0 Å². The largest absolute Gasteiger partial charge is 0.480 e. The Morgan fingerprint density at radius 2 is 1.89 bits per heavy atom. The molecule has 1 fully saturated rings. The molecule has 194 valence electrons. The summed E-state index contributed by atoms with van der Waals surface area (Å²) in [5.41, 5.74) is 2.35. The number of ether oxygens (including phenoxy) is 1. The number of aromatic carboxylic acids is 1. The monoisotopic (exact) mass is 525 g/mol. The smallest absolute Gasteiger partial charge is 0.349 e. The standard InChI is InChI=1S/C25H27N5O6S/c1-26-25(35)29-18-5-6-21(27-13-18)30-9-7-16(8-10-30)28-17-4-2-3-15(11-17)20-12-19(36-14-22(31)32)23(37-20)24(33)34/h2-6,11-13,16,28H,7-10,14H2,1H3,(H,31,32)(H,33,34)(H2,26,29,35). The third-order valence-corrected chi connectivity index (χ3v) is 6.97. The number of amides is 2. The molecule has 0 saturated carbocycles. The summed E-state index contributed by atoms with van der Waals surface area (Å²) < 4.78 is 5.17. The normalized spacial score (nSPS) is 13.6. The second-order valence-electron chi connectivity index (χ2n) is 8.39. The second-order valence-corrected chi connectivity index (χ2v) is 9.44. The minimum absolute atomic E-state index is 0.0342. The van der Waals surface area contributed by atoms with Gasteiger partial charge < -0.3 is 35.8 Å². The molecule has 1 aliphatic heterocycles. The Balaban J connectivity index is 1.37. The number of aliphatic carboxylic acids is 1. The molecule has 0 bridgehead atoms. The summed E-state index contributed by atoms with van der Waals surface area (Å²) in [6.07, 6.45) is 3.44. The van der Waals surface area contributed by atoms with Crippen LogP contribution in [0, 0.1) is 0 Å². The predicted octanol–water partition coefficient (Wildman–Crippen LogP) is 3.80. The molecule has 2 aromatic heterocycles. The molecule has 3 heterocycles. The van der Waals surface area contributed by atoms with Crippen molar-refractivity contribution in [1.29, 1.82) is 0 Å². The number of aromatic nitrogens is 1. The van der Waals surface area contributed by atoms with Gasteiger partial charge in [0.15, 0.2) is 11.5 Å². The molecule has 11 nitrogen and oxygen atoms in total. The molecule has 0 spiro atoms. The number of carbonyl (C=O) groups is 3. The van der Waals surface area contributed by atoms with Crippen LogP contribution in [-0.4, -0.2) is 66.0 Å². The third kappa shape index (κ3) is 6.67. The minimum Gasteiger partial charge on any atom is -0.480 e. The fourth-order valence-corrected chi connectivity index (χ4v) is 4.94. The number of hydrogen-bond acceptors (Lipinski definition) is 8. The molecule has 37 heavy (non-hydrogen) atoms. The second kappa shape index (κ2) is 11.6. The molecule has 0 atom stereocenters. The number of nitrogens with one attached hydrogen (secondary N) is 3. The summed E-state index contributed by atoms with van der Waals surface area (Å²) in [4.78, 5) is 41.2. The summed E-state index contributed by atoms with van der Waals surface area (Å²) >= 11 is 1.04. The number of nitrogens with zero attached hydrogens (tertiary/aromatic N) is 2. The molecule has 0 radical (unpaired) electrons. The van der Waals surface area contributed by atoms with Gasteiger partial charge in [0.2, 0.25) is 0 Å². The van der Waals surface area contributed by atoms with Crippen molar-refractivity contribution in [3.8, 4) is 16.2 Å². The predicted molar refractivity (Wildman–Crippen MR) is 141 cm³/mol. The zero-order valence-electron chi connectivity index (χ0n) is 20.1. The maximum atomic E-state index is 11.6. The van der Waals surface area contributed by atoms with Crippen LogP contribution in [0.4, 0.5) is 22.0 Å². The molecule has 1 aromatic carbocycles. The maximum Gasteiger partial charge on any atom is 0.349 e. The van der Waals surface area contributed by atoms with E-state index in [4.69, 9.17) is 9.84 Å². The van der Waals surface area contributed by atoms with E-state index in [0.29, 0.717) is 10.6 Å². The van der Waals surface area contributed by atoms with E-state index in [1.807, 2.05) is 36.4 Å². The lowest BCUT2D eigenvalue weighted by atomic mass is 10.0. The van der Waals surface area contributed by atoms with Crippen LogP contribution in [0.1, 0.15) is 22.5 Å². The van der Waals surface area contributed by atoms with E-state index in [9.17, 15) is 19.5 Å². The zero-order valence-corrected chi connectivity index (χ0v) is 20.9. The molecule has 1 saturated heterocycles. The van der Waals surface area contributed by atoms with Gasteiger partial charge in [0.05, 0.1) is 11.9 Å². The molecule has 12 heteroatoms. The van der Waals surface area contributed by atoms with Gasteiger partial charge in [-0.05, 0) is 48.7 Å². The number of carboxylic acid groups (broad SMARTS) is 2. The van der Waals surface area contributed by atoms with Crippen molar-refractivity contribution in [2.24, 2.45) is 0 Å². The Labute approximate surface area is 217 Å². The highest BCUT2D eigenvalue weighted by molar-refractivity contribution is 7.17. The first kappa shape index (κ1) is 25.8. The van der Waals surface area contributed by atoms with Crippen LogP contribution in [0.3, 0.4) is 0 Å². The van der Waals surface area contributed by atoms with Gasteiger partial charge in [-0.2, -0.15) is 0 Å². The number of benzene rings is 1. The van der Waals surface area contributed by atoms with Gasteiger partial charge >= 0.3 is 18.0 Å². The number of rotatable bonds is 9. The molecule has 3 aromatic rings. The quantitative estimate of drug-likeness (QED) is 0.281. The summed E-state index contributed by atoms with van der Waals surface area (Å²) in [7, 11) is 1.55. The van der Waals surface area contributed by atoms with Gasteiger partial charge in [-0.1, -0.05) is 12.1 Å². The number of carboxylic acids is 2. The average Bonchev–Trinajstić information content (AvgIpc) is 3.33. The van der Waals surface area contributed by atoms with Crippen molar-refractivity contribution in [1.82, 2.24) is 10.3 Å². The van der Waals surface area contributed by atoms with Crippen molar-refractivity contribution in [2.75, 3.05) is 42.3 Å². The minimum atomic E-state index is -1.17. The lowest BCUT2D eigenvalue weighted by Crippen LogP contribution is -2.39. The first-order valence-electron chi connectivity index (χ1n) is 11.6. The van der Waals surface area contributed by atoms with Gasteiger partial charge in [-0.3, -0.25) is 0 Å². The molecule has 2 amide bonds. The van der Waals surface area contributed by atoms with Crippen LogP contribution in [-0.2, 0) is 4.79 Å². The van der Waals surface area contributed by atoms with Gasteiger partial charge in [-0.25, -0.2) is 19.4 Å². The Morgan fingerprint density at radius 3 is 2.54 bits per heavy atom. The van der Waals surface area contributed by atoms with E-state index < -0.39 is 18.5 Å². The first-order chi connectivity index (χ1) is 17.8. The van der Waals surface area contributed by atoms with Crippen LogP contribution in [0.5, 0.6) is 5.75 Å². The summed E-state index contributed by atoms with van der Waals surface area (Å²) in [6, 6.07) is 12.9. The number of urea groups is 1. The Kier molecular flexibility index (Phi) is 8.08. The average molecular weight is 526 g/mol. The molecule has 5 N–H and O–H groups in total. The van der Waals surface area contributed by atoms with E-state index >= 15 is 0 Å². The van der Waals surface area contributed by atoms with E-state index in [2.05, 4.69) is 25.8 Å². The van der Waals surface area contributed by atoms with E-state index in [1.54, 1.807) is 19.3 Å². The fraction of sp³-hybridized carbons (Fsp3) is 0.280. The lowest BCUT2D eigenvalue weighted by molar-refractivity contribution is -0.139. The van der Waals surface area contributed by atoms with Gasteiger partial charge in [0.1, 0.15) is 11.6 Å². The number of pyridine rings is 1. The van der Waals surface area contributed by atoms with Gasteiger partial charge in [-0.15, -0.1) is 11.3 Å². The Bertz CT molecular complexity index is 1270. The van der Waals surface area contributed by atoms with Crippen LogP contribution < -0.4 is 25.6 Å². The molecule has 0 unspecified atom stereocenters.